The lowest BCUT2D eigenvalue weighted by Crippen LogP contribution is -2.49. The Balaban J connectivity index is 1.25. The van der Waals surface area contributed by atoms with E-state index in [4.69, 9.17) is 4.28 Å². The number of hydroxylamine groups is 1. The minimum Gasteiger partial charge on any atom is -0.353 e. The van der Waals surface area contributed by atoms with Crippen LogP contribution in [0.2, 0.25) is 0 Å². The van der Waals surface area contributed by atoms with Gasteiger partial charge in [-0.05, 0) is 63.1 Å². The lowest BCUT2D eigenvalue weighted by molar-refractivity contribution is -0.161. The Hall–Kier alpha value is -5.10. The van der Waals surface area contributed by atoms with E-state index in [1.165, 1.54) is 48.4 Å². The number of hydrogen-bond donors (Lipinski definition) is 1. The van der Waals surface area contributed by atoms with Gasteiger partial charge in [-0.3, -0.25) is 15.1 Å². The van der Waals surface area contributed by atoms with Crippen LogP contribution in [0, 0.1) is 19.7 Å². The number of hydrogen-bond acceptors (Lipinski definition) is 9. The smallest absolute Gasteiger partial charge is 0.353 e. The topological polar surface area (TPSA) is 143 Å². The number of amides is 3. The second kappa shape index (κ2) is 13.0. The van der Waals surface area contributed by atoms with Crippen LogP contribution in [0.25, 0.3) is 5.69 Å². The predicted octanol–water partition coefficient (Wildman–Crippen LogP) is 4.90. The molecule has 13 nitrogen and oxygen atoms in total. The number of piperazine rings is 1. The average Bonchev–Trinajstić information content (AvgIpc) is 3.79. The molecule has 1 saturated heterocycles. The molecule has 0 spiro atoms. The summed E-state index contributed by atoms with van der Waals surface area (Å²) in [6.07, 6.45) is -2.83. The van der Waals surface area contributed by atoms with Crippen LogP contribution in [-0.2, 0) is 19.8 Å². The van der Waals surface area contributed by atoms with Crippen LogP contribution in [-0.4, -0.2) is 83.6 Å². The van der Waals surface area contributed by atoms with Crippen molar-refractivity contribution in [2.45, 2.75) is 38.3 Å². The van der Waals surface area contributed by atoms with E-state index in [1.807, 2.05) is 4.90 Å². The molecule has 3 amide bonds. The summed E-state index contributed by atoms with van der Waals surface area (Å²) in [5.41, 5.74) is -1.51. The molecule has 0 atom stereocenters. The van der Waals surface area contributed by atoms with Crippen molar-refractivity contribution in [3.8, 4) is 5.69 Å². The Morgan fingerprint density at radius 3 is 2.28 bits per heavy atom. The number of urea groups is 1. The first-order valence-electron chi connectivity index (χ1n) is 15.4. The average molecular weight is 717 g/mol. The third-order valence-corrected chi connectivity index (χ3v) is 8.94. The summed E-state index contributed by atoms with van der Waals surface area (Å²) in [6.45, 7) is 4.52. The number of alkyl halides is 3. The second-order valence-electron chi connectivity index (χ2n) is 12.1. The van der Waals surface area contributed by atoms with E-state index < -0.39 is 39.5 Å². The summed E-state index contributed by atoms with van der Waals surface area (Å²) in [5.74, 6) is -0.763. The van der Waals surface area contributed by atoms with Gasteiger partial charge in [-0.2, -0.15) is 31.8 Å². The third kappa shape index (κ3) is 6.98. The van der Waals surface area contributed by atoms with E-state index in [2.05, 4.69) is 20.4 Å². The van der Waals surface area contributed by atoms with Crippen LogP contribution in [0.15, 0.2) is 60.8 Å². The fourth-order valence-electron chi connectivity index (χ4n) is 5.65. The van der Waals surface area contributed by atoms with Gasteiger partial charge in [0, 0.05) is 37.9 Å². The van der Waals surface area contributed by atoms with Gasteiger partial charge in [0.05, 0.1) is 40.8 Å². The molecule has 1 aliphatic heterocycles. The Kier molecular flexibility index (Phi) is 9.02. The number of pyridine rings is 2. The highest BCUT2D eigenvalue weighted by molar-refractivity contribution is 7.86. The molecule has 1 saturated carbocycles. The minimum atomic E-state index is -4.59. The normalized spacial score (nSPS) is 15.9. The van der Waals surface area contributed by atoms with E-state index in [-0.39, 0.29) is 60.1 Å². The van der Waals surface area contributed by atoms with Crippen LogP contribution in [0.5, 0.6) is 0 Å². The minimum absolute atomic E-state index is 0.0225. The van der Waals surface area contributed by atoms with Crippen molar-refractivity contribution in [3.05, 3.63) is 89.3 Å². The molecule has 4 aromatic rings. The zero-order valence-corrected chi connectivity index (χ0v) is 27.9. The quantitative estimate of drug-likeness (QED) is 0.199. The maximum atomic E-state index is 14.2. The highest BCUT2D eigenvalue weighted by atomic mass is 32.2. The van der Waals surface area contributed by atoms with E-state index >= 15 is 0 Å². The first-order chi connectivity index (χ1) is 23.6. The van der Waals surface area contributed by atoms with Crippen molar-refractivity contribution in [3.63, 3.8) is 0 Å². The van der Waals surface area contributed by atoms with E-state index in [0.29, 0.717) is 29.7 Å². The molecule has 2 aliphatic rings. The Morgan fingerprint density at radius 2 is 1.70 bits per heavy atom. The molecule has 18 heteroatoms. The molecule has 0 bridgehead atoms. The summed E-state index contributed by atoms with van der Waals surface area (Å²) in [5, 5.41) is 7.10. The first kappa shape index (κ1) is 34.8. The lowest BCUT2D eigenvalue weighted by atomic mass is 10.0. The van der Waals surface area contributed by atoms with Crippen molar-refractivity contribution in [2.75, 3.05) is 47.7 Å². The van der Waals surface area contributed by atoms with Gasteiger partial charge < -0.3 is 9.80 Å². The number of carbonyl (C=O) groups is 2. The molecule has 0 radical (unpaired) electrons. The van der Waals surface area contributed by atoms with Crippen LogP contribution in [0.3, 0.4) is 0 Å². The number of benzene rings is 1. The molecule has 3 aromatic heterocycles. The van der Waals surface area contributed by atoms with Crippen LogP contribution in [0.4, 0.5) is 39.7 Å². The molecule has 1 aromatic carbocycles. The Labute approximate surface area is 284 Å². The van der Waals surface area contributed by atoms with Gasteiger partial charge in [-0.15, -0.1) is 4.28 Å². The van der Waals surface area contributed by atoms with Gasteiger partial charge in [0.25, 0.3) is 16.0 Å². The van der Waals surface area contributed by atoms with Crippen molar-refractivity contribution in [2.24, 2.45) is 0 Å². The van der Waals surface area contributed by atoms with Gasteiger partial charge in [0.2, 0.25) is 0 Å². The van der Waals surface area contributed by atoms with Gasteiger partial charge in [0.1, 0.15) is 22.9 Å². The molecule has 264 valence electrons. The number of aromatic nitrogens is 4. The molecule has 1 N–H and O–H groups in total. The Morgan fingerprint density at radius 1 is 1.00 bits per heavy atom. The highest BCUT2D eigenvalue weighted by Gasteiger charge is 2.66. The monoisotopic (exact) mass is 716 g/mol. The number of halogens is 4. The largest absolute Gasteiger partial charge is 0.400 e. The van der Waals surface area contributed by atoms with E-state index in [1.54, 1.807) is 25.1 Å². The summed E-state index contributed by atoms with van der Waals surface area (Å²) in [4.78, 5) is 38.7. The van der Waals surface area contributed by atoms with Gasteiger partial charge >= 0.3 is 12.2 Å². The number of nitrogens with zero attached hydrogens (tertiary/aromatic N) is 7. The van der Waals surface area contributed by atoms with Crippen LogP contribution >= 0.6 is 0 Å². The summed E-state index contributed by atoms with van der Waals surface area (Å²) >= 11 is 0. The first-order valence-corrected chi connectivity index (χ1v) is 17.3. The van der Waals surface area contributed by atoms with Crippen molar-refractivity contribution < 1.29 is 39.9 Å². The molecule has 6 rings (SSSR count). The van der Waals surface area contributed by atoms with Crippen molar-refractivity contribution in [1.29, 1.82) is 0 Å². The van der Waals surface area contributed by atoms with E-state index in [0.717, 1.165) is 17.0 Å². The van der Waals surface area contributed by atoms with Crippen LogP contribution < -0.4 is 15.3 Å². The third-order valence-electron chi connectivity index (χ3n) is 8.52. The number of nitrogens with one attached hydrogen (secondary N) is 1. The molecule has 0 unspecified atom stereocenters. The fraction of sp³-hybridized carbons (Fsp3) is 0.344. The maximum absolute atomic E-state index is 14.2. The summed E-state index contributed by atoms with van der Waals surface area (Å²) in [7, 11) is -4.31. The molecular weight excluding hydrogens is 684 g/mol. The number of aryl methyl sites for hydroxylation is 2. The van der Waals surface area contributed by atoms with Crippen molar-refractivity contribution in [1.82, 2.24) is 24.6 Å². The van der Waals surface area contributed by atoms with E-state index in [9.17, 15) is 35.6 Å². The second-order valence-corrected chi connectivity index (χ2v) is 13.7. The summed E-state index contributed by atoms with van der Waals surface area (Å²) in [6, 6.07) is 11.8. The molecular formula is C32H32F4N8O5S. The molecule has 2 fully saturated rings. The van der Waals surface area contributed by atoms with Gasteiger partial charge in [-0.25, -0.2) is 18.9 Å². The van der Waals surface area contributed by atoms with Gasteiger partial charge in [0.15, 0.2) is 0 Å². The lowest BCUT2D eigenvalue weighted by Gasteiger charge is -2.35. The van der Waals surface area contributed by atoms with Gasteiger partial charge in [-0.1, -0.05) is 12.1 Å². The number of anilines is 3. The Bertz CT molecular complexity index is 2040. The molecule has 4 heterocycles. The molecule has 1 aliphatic carbocycles. The fourth-order valence-corrected chi connectivity index (χ4v) is 6.07. The SMILES string of the molecule is Cc1ccc(-n2nc(C3(C(F)(F)F)CC3)cc2NC(=O)N(OS(C)(=O)=O)c2ccc(N3CCN(C(=O)c4ccccc4F)CC3)nc2C)cn1. The molecule has 50 heavy (non-hydrogen) atoms. The number of carbonyl (C=O) groups excluding carboxylic acids is 2. The maximum Gasteiger partial charge on any atom is 0.400 e. The standard InChI is InChI=1S/C32H32F4N8O5S/c1-20-8-9-22(19-37-20)43-28(18-26(40-43)31(12-13-31)32(34,35)36)39-30(46)44(49-50(3,47)48)25-10-11-27(38-21(25)2)41-14-16-42(17-15-41)29(45)23-6-4-5-7-24(23)33/h4-11,18-19H,12-17H2,1-3H3,(H,39,46). The zero-order valence-electron chi connectivity index (χ0n) is 27.1. The van der Waals surface area contributed by atoms with Crippen molar-refractivity contribution >= 4 is 39.4 Å². The highest BCUT2D eigenvalue weighted by Crippen LogP contribution is 2.58. The zero-order chi connectivity index (χ0) is 36.0. The predicted molar refractivity (Wildman–Crippen MR) is 174 cm³/mol. The summed E-state index contributed by atoms with van der Waals surface area (Å²) < 4.78 is 87.1. The van der Waals surface area contributed by atoms with Crippen LogP contribution in [0.1, 0.15) is 40.3 Å². The number of rotatable bonds is 8.